The minimum absolute atomic E-state index is 0.0192. The summed E-state index contributed by atoms with van der Waals surface area (Å²) in [6.45, 7) is 3.71. The van der Waals surface area contributed by atoms with Gasteiger partial charge in [-0.15, -0.1) is 0 Å². The number of carbonyl (C=O) groups excluding carboxylic acids is 2. The monoisotopic (exact) mass is 688 g/mol. The van der Waals surface area contributed by atoms with Gasteiger partial charge in [-0.1, -0.05) is 6.07 Å². The number of H-pyrrole nitrogens is 1. The van der Waals surface area contributed by atoms with Gasteiger partial charge in [0.1, 0.15) is 18.5 Å². The molecule has 0 radical (unpaired) electrons. The standard InChI is InChI=1S/C33H45IN4O4/c34-38(20-27(39)21-42-30-3-1-2-29-28(30)4-9-35-29)32(41)37-12-7-26(8-13-37)25-5-10-36(11-6-25)31(40)33-17-22-14-23(18-33)16-24(15-22)19-33/h1-4,9,22-27,35,39H,5-8,10-21H2. The molecule has 4 aliphatic carbocycles. The van der Waals surface area contributed by atoms with E-state index in [1.807, 2.05) is 58.2 Å². The Morgan fingerprint density at radius 3 is 2.17 bits per heavy atom. The molecule has 8 nitrogen and oxygen atoms in total. The Balaban J connectivity index is 0.841. The number of aliphatic hydroxyl groups is 1. The number of aromatic amines is 1. The second-order valence-electron chi connectivity index (χ2n) is 14.1. The summed E-state index contributed by atoms with van der Waals surface area (Å²) < 4.78 is 7.47. The van der Waals surface area contributed by atoms with Crippen LogP contribution in [-0.2, 0) is 4.79 Å². The van der Waals surface area contributed by atoms with Gasteiger partial charge < -0.3 is 24.6 Å². The molecule has 2 saturated heterocycles. The summed E-state index contributed by atoms with van der Waals surface area (Å²) in [6.07, 6.45) is 13.0. The average molecular weight is 689 g/mol. The van der Waals surface area contributed by atoms with Gasteiger partial charge in [-0.2, -0.15) is 0 Å². The summed E-state index contributed by atoms with van der Waals surface area (Å²) in [5.74, 6) is 4.94. The van der Waals surface area contributed by atoms with E-state index >= 15 is 0 Å². The Bertz CT molecular complexity index is 1250. The van der Waals surface area contributed by atoms with E-state index in [-0.39, 0.29) is 24.6 Å². The normalized spacial score (nSPS) is 30.6. The van der Waals surface area contributed by atoms with Crippen LogP contribution >= 0.6 is 22.9 Å². The van der Waals surface area contributed by atoms with Gasteiger partial charge in [0.2, 0.25) is 5.91 Å². The Kier molecular flexibility index (Phi) is 8.09. The third kappa shape index (κ3) is 5.64. The fourth-order valence-electron chi connectivity index (χ4n) is 9.68. The topological polar surface area (TPSA) is 89.1 Å². The summed E-state index contributed by atoms with van der Waals surface area (Å²) in [5.41, 5.74) is 0.974. The molecule has 1 unspecified atom stereocenters. The van der Waals surface area contributed by atoms with Crippen LogP contribution in [0.25, 0.3) is 10.9 Å². The number of hydrogen-bond donors (Lipinski definition) is 2. The summed E-state index contributed by atoms with van der Waals surface area (Å²) in [4.78, 5) is 34.3. The summed E-state index contributed by atoms with van der Waals surface area (Å²) in [5, 5.41) is 11.6. The zero-order valence-corrected chi connectivity index (χ0v) is 26.7. The highest BCUT2D eigenvalue weighted by Crippen LogP contribution is 2.60. The zero-order chi connectivity index (χ0) is 28.8. The Labute approximate surface area is 263 Å². The molecule has 9 heteroatoms. The second kappa shape index (κ2) is 11.8. The van der Waals surface area contributed by atoms with Crippen LogP contribution in [0.2, 0.25) is 0 Å². The van der Waals surface area contributed by atoms with Crippen molar-refractivity contribution < 1.29 is 19.4 Å². The molecule has 1 aromatic heterocycles. The van der Waals surface area contributed by atoms with E-state index in [1.54, 1.807) is 3.11 Å². The van der Waals surface area contributed by atoms with Crippen LogP contribution < -0.4 is 4.74 Å². The molecule has 8 rings (SSSR count). The fourth-order valence-corrected chi connectivity index (χ4v) is 10.4. The first-order chi connectivity index (χ1) is 20.4. The third-order valence-electron chi connectivity index (χ3n) is 11.4. The van der Waals surface area contributed by atoms with Crippen molar-refractivity contribution in [2.75, 3.05) is 39.3 Å². The van der Waals surface area contributed by atoms with Crippen LogP contribution in [0.1, 0.15) is 64.2 Å². The Morgan fingerprint density at radius 1 is 0.952 bits per heavy atom. The summed E-state index contributed by atoms with van der Waals surface area (Å²) in [6, 6.07) is 7.73. The molecule has 1 atom stereocenters. The number of halogens is 1. The number of aliphatic hydroxyl groups excluding tert-OH is 1. The van der Waals surface area contributed by atoms with Crippen LogP contribution in [0.15, 0.2) is 30.5 Å². The van der Waals surface area contributed by atoms with Gasteiger partial charge in [0.25, 0.3) is 0 Å². The molecule has 42 heavy (non-hydrogen) atoms. The maximum Gasteiger partial charge on any atom is 0.328 e. The first-order valence-corrected chi connectivity index (χ1v) is 17.2. The smallest absolute Gasteiger partial charge is 0.328 e. The molecule has 3 amide bonds. The van der Waals surface area contributed by atoms with E-state index in [2.05, 4.69) is 9.88 Å². The molecule has 228 valence electrons. The van der Waals surface area contributed by atoms with E-state index < -0.39 is 6.10 Å². The number of likely N-dealkylation sites (tertiary alicyclic amines) is 2. The number of urea groups is 1. The van der Waals surface area contributed by atoms with E-state index in [0.29, 0.717) is 17.7 Å². The molecule has 4 bridgehead atoms. The van der Waals surface area contributed by atoms with Gasteiger partial charge in [-0.05, 0) is 112 Å². The number of nitrogens with zero attached hydrogens (tertiary/aromatic N) is 3. The number of rotatable bonds is 7. The maximum absolute atomic E-state index is 13.8. The number of ether oxygens (including phenoxy) is 1. The average Bonchev–Trinajstić information content (AvgIpc) is 3.49. The highest BCUT2D eigenvalue weighted by atomic mass is 127. The highest BCUT2D eigenvalue weighted by molar-refractivity contribution is 14.1. The number of carbonyl (C=O) groups is 2. The van der Waals surface area contributed by atoms with E-state index in [0.717, 1.165) is 106 Å². The lowest BCUT2D eigenvalue weighted by atomic mass is 9.49. The molecule has 6 fully saturated rings. The van der Waals surface area contributed by atoms with Crippen LogP contribution in [0.3, 0.4) is 0 Å². The number of benzene rings is 1. The first-order valence-electron chi connectivity index (χ1n) is 16.3. The lowest BCUT2D eigenvalue weighted by Crippen LogP contribution is -2.56. The largest absolute Gasteiger partial charge is 0.490 e. The highest BCUT2D eigenvalue weighted by Gasteiger charge is 2.55. The third-order valence-corrected chi connectivity index (χ3v) is 12.2. The molecule has 2 aliphatic heterocycles. The molecular weight excluding hydrogens is 643 g/mol. The van der Waals surface area contributed by atoms with E-state index in [9.17, 15) is 14.7 Å². The number of hydrogen-bond acceptors (Lipinski definition) is 4. The van der Waals surface area contributed by atoms with Crippen molar-refractivity contribution in [1.29, 1.82) is 0 Å². The predicted molar refractivity (Wildman–Crippen MR) is 170 cm³/mol. The van der Waals surface area contributed by atoms with Gasteiger partial charge in [0, 0.05) is 43.3 Å². The molecule has 3 heterocycles. The number of piperidine rings is 2. The fraction of sp³-hybridized carbons (Fsp3) is 0.697. The number of fused-ring (bicyclic) bond motifs is 1. The maximum atomic E-state index is 13.8. The van der Waals surface area contributed by atoms with Crippen LogP contribution in [0.4, 0.5) is 4.79 Å². The summed E-state index contributed by atoms with van der Waals surface area (Å²) in [7, 11) is 0. The number of nitrogens with one attached hydrogen (secondary N) is 1. The van der Waals surface area contributed by atoms with Crippen molar-refractivity contribution in [3.05, 3.63) is 30.5 Å². The molecule has 0 spiro atoms. The molecule has 2 N–H and O–H groups in total. The summed E-state index contributed by atoms with van der Waals surface area (Å²) >= 11 is 2.03. The Morgan fingerprint density at radius 2 is 1.55 bits per heavy atom. The quantitative estimate of drug-likeness (QED) is 0.283. The van der Waals surface area contributed by atoms with Gasteiger partial charge >= 0.3 is 6.03 Å². The van der Waals surface area contributed by atoms with Crippen LogP contribution in [-0.4, -0.2) is 80.4 Å². The van der Waals surface area contributed by atoms with Crippen molar-refractivity contribution in [3.63, 3.8) is 0 Å². The molecule has 4 saturated carbocycles. The minimum Gasteiger partial charge on any atom is -0.490 e. The van der Waals surface area contributed by atoms with Gasteiger partial charge in [-0.3, -0.25) is 7.91 Å². The van der Waals surface area contributed by atoms with Gasteiger partial charge in [0.15, 0.2) is 0 Å². The van der Waals surface area contributed by atoms with Crippen molar-refractivity contribution in [2.24, 2.45) is 35.0 Å². The van der Waals surface area contributed by atoms with Crippen molar-refractivity contribution in [2.45, 2.75) is 70.3 Å². The lowest BCUT2D eigenvalue weighted by Gasteiger charge is -2.57. The Hall–Kier alpha value is -2.01. The number of amides is 3. The first kappa shape index (κ1) is 28.7. The SMILES string of the molecule is O=C(N(I)CC(O)COc1cccc2[nH]ccc12)N1CCC(C2CCN(C(=O)C34CC5CC(CC(C5)C3)C4)CC2)CC1. The van der Waals surface area contributed by atoms with E-state index in [4.69, 9.17) is 4.74 Å². The molecular formula is C33H45IN4O4. The number of aromatic nitrogens is 1. The molecule has 1 aromatic carbocycles. The van der Waals surface area contributed by atoms with E-state index in [1.165, 1.54) is 19.3 Å². The minimum atomic E-state index is -0.774. The van der Waals surface area contributed by atoms with Crippen molar-refractivity contribution in [3.8, 4) is 5.75 Å². The van der Waals surface area contributed by atoms with Crippen molar-refractivity contribution >= 4 is 45.7 Å². The predicted octanol–water partition coefficient (Wildman–Crippen LogP) is 5.85. The molecule has 6 aliphatic rings. The van der Waals surface area contributed by atoms with Crippen LogP contribution in [0.5, 0.6) is 5.75 Å². The van der Waals surface area contributed by atoms with Crippen molar-refractivity contribution in [1.82, 2.24) is 17.9 Å². The molecule has 2 aromatic rings. The van der Waals surface area contributed by atoms with Gasteiger partial charge in [0.05, 0.1) is 34.8 Å². The van der Waals surface area contributed by atoms with Crippen LogP contribution in [0, 0.1) is 35.0 Å². The second-order valence-corrected chi connectivity index (χ2v) is 15.3. The van der Waals surface area contributed by atoms with Gasteiger partial charge in [-0.25, -0.2) is 4.79 Å². The lowest BCUT2D eigenvalue weighted by molar-refractivity contribution is -0.159. The zero-order valence-electron chi connectivity index (χ0n) is 24.6.